The Labute approximate surface area is 161 Å². The molecular weight excluding hydrogens is 372 g/mol. The molecule has 1 fully saturated rings. The monoisotopic (exact) mass is 390 g/mol. The highest BCUT2D eigenvalue weighted by molar-refractivity contribution is 6.30. The van der Waals surface area contributed by atoms with Crippen molar-refractivity contribution in [3.63, 3.8) is 0 Å². The summed E-state index contributed by atoms with van der Waals surface area (Å²) in [6.45, 7) is 2.33. The van der Waals surface area contributed by atoms with Crippen LogP contribution in [0.4, 0.5) is 5.82 Å². The minimum atomic E-state index is -0.348. The van der Waals surface area contributed by atoms with Crippen LogP contribution in [0.1, 0.15) is 10.4 Å². The van der Waals surface area contributed by atoms with Crippen molar-refractivity contribution in [3.8, 4) is 5.75 Å². The van der Waals surface area contributed by atoms with E-state index in [1.165, 1.54) is 6.20 Å². The van der Waals surface area contributed by atoms with Crippen LogP contribution in [-0.4, -0.2) is 54.7 Å². The fraction of sp³-hybridized carbons (Fsp3) is 0.278. The summed E-state index contributed by atoms with van der Waals surface area (Å²) in [5.74, 6) is 0.328. The molecule has 0 unspecified atom stereocenters. The summed E-state index contributed by atoms with van der Waals surface area (Å²) in [5, 5.41) is 4.91. The highest BCUT2D eigenvalue weighted by Gasteiger charge is 2.14. The lowest BCUT2D eigenvalue weighted by Gasteiger charge is -2.26. The molecule has 0 atom stereocenters. The molecule has 0 radical (unpaired) electrons. The molecule has 1 saturated heterocycles. The molecule has 1 aliphatic rings. The van der Waals surface area contributed by atoms with E-state index in [1.54, 1.807) is 36.4 Å². The summed E-state index contributed by atoms with van der Waals surface area (Å²) >= 11 is 5.74. The number of nitrogens with one attached hydrogen (secondary N) is 2. The summed E-state index contributed by atoms with van der Waals surface area (Å²) in [5.41, 5.74) is 3.33. The van der Waals surface area contributed by atoms with Gasteiger partial charge in [-0.15, -0.1) is 0 Å². The van der Waals surface area contributed by atoms with Gasteiger partial charge in [0.15, 0.2) is 6.61 Å². The molecule has 3 rings (SSSR count). The lowest BCUT2D eigenvalue weighted by molar-refractivity contribution is -0.118. The molecule has 0 aliphatic carbocycles. The minimum Gasteiger partial charge on any atom is -0.484 e. The van der Waals surface area contributed by atoms with Gasteiger partial charge in [-0.25, -0.2) is 9.99 Å². The molecule has 1 aromatic carbocycles. The topological polar surface area (TPSA) is 92.8 Å². The van der Waals surface area contributed by atoms with Crippen molar-refractivity contribution in [2.24, 2.45) is 0 Å². The first-order valence-electron chi connectivity index (χ1n) is 8.38. The highest BCUT2D eigenvalue weighted by Crippen LogP contribution is 2.13. The Hall–Kier alpha value is -2.68. The van der Waals surface area contributed by atoms with Gasteiger partial charge in [0.2, 0.25) is 0 Å². The molecule has 9 heteroatoms. The Bertz CT molecular complexity index is 777. The lowest BCUT2D eigenvalue weighted by Crippen LogP contribution is -2.48. The Kier molecular flexibility index (Phi) is 6.59. The summed E-state index contributed by atoms with van der Waals surface area (Å²) in [7, 11) is 0. The van der Waals surface area contributed by atoms with Crippen LogP contribution in [0.5, 0.6) is 5.75 Å². The first-order chi connectivity index (χ1) is 13.1. The number of nitrogens with zero attached hydrogens (tertiary/aromatic N) is 2. The SMILES string of the molecule is O=C(COc1ccc(C(=O)NN2CCOCC2)cc1)Nc1ccc(Cl)cn1. The van der Waals surface area contributed by atoms with E-state index in [1.807, 2.05) is 5.01 Å². The average Bonchev–Trinajstić information content (AvgIpc) is 2.69. The first-order valence-corrected chi connectivity index (χ1v) is 8.76. The van der Waals surface area contributed by atoms with Gasteiger partial charge >= 0.3 is 0 Å². The predicted octanol–water partition coefficient (Wildman–Crippen LogP) is 1.73. The predicted molar refractivity (Wildman–Crippen MR) is 99.7 cm³/mol. The van der Waals surface area contributed by atoms with E-state index in [4.69, 9.17) is 21.1 Å². The third kappa shape index (κ3) is 5.92. The van der Waals surface area contributed by atoms with Crippen LogP contribution >= 0.6 is 11.6 Å². The van der Waals surface area contributed by atoms with E-state index < -0.39 is 0 Å². The standard InChI is InChI=1S/C18H19ClN4O4/c19-14-3-6-16(20-11-14)21-17(24)12-27-15-4-1-13(2-5-15)18(25)22-23-7-9-26-10-8-23/h1-6,11H,7-10,12H2,(H,22,25)(H,20,21,24). The van der Waals surface area contributed by atoms with E-state index >= 15 is 0 Å². The summed E-state index contributed by atoms with van der Waals surface area (Å²) in [4.78, 5) is 28.1. The molecule has 0 spiro atoms. The Balaban J connectivity index is 1.46. The average molecular weight is 391 g/mol. The number of carbonyl (C=O) groups is 2. The number of pyridine rings is 1. The van der Waals surface area contributed by atoms with Gasteiger partial charge in [0.05, 0.1) is 18.2 Å². The quantitative estimate of drug-likeness (QED) is 0.780. The third-order valence-corrected chi connectivity index (χ3v) is 3.98. The van der Waals surface area contributed by atoms with Crippen molar-refractivity contribution < 1.29 is 19.1 Å². The van der Waals surface area contributed by atoms with Gasteiger partial charge in [-0.3, -0.25) is 15.0 Å². The zero-order valence-electron chi connectivity index (χ0n) is 14.5. The molecule has 2 aromatic rings. The maximum atomic E-state index is 12.2. The van der Waals surface area contributed by atoms with Gasteiger partial charge < -0.3 is 14.8 Å². The largest absolute Gasteiger partial charge is 0.484 e. The van der Waals surface area contributed by atoms with Crippen molar-refractivity contribution in [2.45, 2.75) is 0 Å². The molecule has 2 heterocycles. The Morgan fingerprint density at radius 3 is 2.56 bits per heavy atom. The zero-order chi connectivity index (χ0) is 19.1. The molecule has 8 nitrogen and oxygen atoms in total. The van der Waals surface area contributed by atoms with Crippen LogP contribution in [0.15, 0.2) is 42.6 Å². The van der Waals surface area contributed by atoms with E-state index in [9.17, 15) is 9.59 Å². The number of amides is 2. The Morgan fingerprint density at radius 2 is 1.89 bits per heavy atom. The van der Waals surface area contributed by atoms with Crippen molar-refractivity contribution in [1.29, 1.82) is 0 Å². The normalized spacial score (nSPS) is 14.4. The zero-order valence-corrected chi connectivity index (χ0v) is 15.2. The number of morpholine rings is 1. The minimum absolute atomic E-state index is 0.177. The van der Waals surface area contributed by atoms with Crippen molar-refractivity contribution >= 4 is 29.2 Å². The molecular formula is C18H19ClN4O4. The number of hydrogen-bond donors (Lipinski definition) is 2. The molecule has 0 bridgehead atoms. The van der Waals surface area contributed by atoms with E-state index in [-0.39, 0.29) is 18.4 Å². The van der Waals surface area contributed by atoms with Gasteiger partial charge in [0.25, 0.3) is 11.8 Å². The van der Waals surface area contributed by atoms with Crippen LogP contribution in [0.2, 0.25) is 5.02 Å². The summed E-state index contributed by atoms with van der Waals surface area (Å²) < 4.78 is 10.7. The maximum Gasteiger partial charge on any atom is 0.265 e. The number of ether oxygens (including phenoxy) is 2. The highest BCUT2D eigenvalue weighted by atomic mass is 35.5. The lowest BCUT2D eigenvalue weighted by atomic mass is 10.2. The number of aromatic nitrogens is 1. The second-order valence-corrected chi connectivity index (χ2v) is 6.20. The van der Waals surface area contributed by atoms with E-state index in [0.717, 1.165) is 0 Å². The van der Waals surface area contributed by atoms with Crippen LogP contribution < -0.4 is 15.5 Å². The molecule has 1 aromatic heterocycles. The summed E-state index contributed by atoms with van der Waals surface area (Å²) in [6, 6.07) is 9.80. The van der Waals surface area contributed by atoms with E-state index in [0.29, 0.717) is 48.5 Å². The number of benzene rings is 1. The van der Waals surface area contributed by atoms with Gasteiger partial charge in [-0.2, -0.15) is 0 Å². The second kappa shape index (κ2) is 9.31. The molecule has 1 aliphatic heterocycles. The number of rotatable bonds is 6. The number of hydrazine groups is 1. The second-order valence-electron chi connectivity index (χ2n) is 5.76. The fourth-order valence-corrected chi connectivity index (χ4v) is 2.48. The van der Waals surface area contributed by atoms with Gasteiger partial charge in [0.1, 0.15) is 11.6 Å². The van der Waals surface area contributed by atoms with Crippen molar-refractivity contribution in [2.75, 3.05) is 38.2 Å². The van der Waals surface area contributed by atoms with Crippen molar-refractivity contribution in [3.05, 3.63) is 53.2 Å². The number of carbonyl (C=O) groups excluding carboxylic acids is 2. The van der Waals surface area contributed by atoms with Crippen LogP contribution in [0, 0.1) is 0 Å². The molecule has 2 N–H and O–H groups in total. The van der Waals surface area contributed by atoms with Gasteiger partial charge in [0, 0.05) is 24.8 Å². The summed E-state index contributed by atoms with van der Waals surface area (Å²) in [6.07, 6.45) is 1.44. The number of hydrogen-bond acceptors (Lipinski definition) is 6. The van der Waals surface area contributed by atoms with Crippen LogP contribution in [0.3, 0.4) is 0 Å². The smallest absolute Gasteiger partial charge is 0.265 e. The molecule has 0 saturated carbocycles. The van der Waals surface area contributed by atoms with Gasteiger partial charge in [-0.05, 0) is 36.4 Å². The molecule has 2 amide bonds. The van der Waals surface area contributed by atoms with Crippen LogP contribution in [0.25, 0.3) is 0 Å². The van der Waals surface area contributed by atoms with Crippen molar-refractivity contribution in [1.82, 2.24) is 15.4 Å². The first kappa shape index (κ1) is 19.1. The van der Waals surface area contributed by atoms with Gasteiger partial charge in [-0.1, -0.05) is 11.6 Å². The molecule has 27 heavy (non-hydrogen) atoms. The molecule has 142 valence electrons. The number of anilines is 1. The maximum absolute atomic E-state index is 12.2. The third-order valence-electron chi connectivity index (χ3n) is 3.75. The Morgan fingerprint density at radius 1 is 1.15 bits per heavy atom. The fourth-order valence-electron chi connectivity index (χ4n) is 2.36. The van der Waals surface area contributed by atoms with Crippen LogP contribution in [-0.2, 0) is 9.53 Å². The van der Waals surface area contributed by atoms with E-state index in [2.05, 4.69) is 15.7 Å². The number of halogens is 1.